The Balaban J connectivity index is 2.13. The number of methoxy groups -OCH3 is 2. The fraction of sp³-hybridized carbons (Fsp3) is 0.357. The number of nitrogens with two attached hydrogens (primary N) is 1. The van der Waals surface area contributed by atoms with Crippen molar-refractivity contribution in [3.63, 3.8) is 0 Å². The van der Waals surface area contributed by atoms with Crippen molar-refractivity contribution in [2.24, 2.45) is 5.84 Å². The smallest absolute Gasteiger partial charge is 0.240 e. The minimum atomic E-state index is -0.168. The third-order valence-corrected chi connectivity index (χ3v) is 3.12. The summed E-state index contributed by atoms with van der Waals surface area (Å²) in [5.74, 6) is 6.45. The predicted molar refractivity (Wildman–Crippen MR) is 77.8 cm³/mol. The summed E-state index contributed by atoms with van der Waals surface area (Å²) in [6.45, 7) is 0. The number of ether oxygens (including phenoxy) is 2. The van der Waals surface area contributed by atoms with E-state index in [0.29, 0.717) is 17.5 Å². The molecule has 0 aliphatic carbocycles. The van der Waals surface area contributed by atoms with Crippen molar-refractivity contribution in [3.05, 3.63) is 42.0 Å². The van der Waals surface area contributed by atoms with E-state index in [1.807, 2.05) is 18.3 Å². The maximum atomic E-state index is 5.64. The second kappa shape index (κ2) is 7.51. The molecular formula is C14H19N5O2. The summed E-state index contributed by atoms with van der Waals surface area (Å²) >= 11 is 0. The zero-order chi connectivity index (χ0) is 15.1. The molecule has 0 aromatic carbocycles. The van der Waals surface area contributed by atoms with Crippen LogP contribution in [0.1, 0.15) is 23.7 Å². The van der Waals surface area contributed by atoms with Gasteiger partial charge < -0.3 is 9.47 Å². The van der Waals surface area contributed by atoms with Crippen LogP contribution < -0.4 is 20.7 Å². The highest BCUT2D eigenvalue weighted by molar-refractivity contribution is 5.26. The van der Waals surface area contributed by atoms with Gasteiger partial charge in [-0.1, -0.05) is 6.07 Å². The molecule has 2 heterocycles. The molecule has 7 heteroatoms. The molecule has 0 amide bonds. The van der Waals surface area contributed by atoms with E-state index in [9.17, 15) is 0 Å². The zero-order valence-electron chi connectivity index (χ0n) is 12.1. The molecule has 0 fully saturated rings. The molecule has 112 valence electrons. The average molecular weight is 289 g/mol. The Morgan fingerprint density at radius 1 is 1.29 bits per heavy atom. The Morgan fingerprint density at radius 2 is 2.14 bits per heavy atom. The van der Waals surface area contributed by atoms with Gasteiger partial charge in [0.25, 0.3) is 0 Å². The van der Waals surface area contributed by atoms with Crippen molar-refractivity contribution in [1.29, 1.82) is 0 Å². The van der Waals surface area contributed by atoms with Crippen LogP contribution in [0, 0.1) is 0 Å². The maximum absolute atomic E-state index is 5.64. The molecule has 0 saturated carbocycles. The number of nitrogens with one attached hydrogen (secondary N) is 1. The molecule has 1 unspecified atom stereocenters. The Morgan fingerprint density at radius 3 is 2.76 bits per heavy atom. The fourth-order valence-corrected chi connectivity index (χ4v) is 2.01. The first-order valence-electron chi connectivity index (χ1n) is 6.58. The molecule has 0 saturated heterocycles. The Labute approximate surface area is 123 Å². The average Bonchev–Trinajstić information content (AvgIpc) is 2.56. The standard InChI is InChI=1S/C14H19N5O2/c1-20-12-9-17-13(14(18-12)21-2)11(19-15)6-5-10-4-3-7-16-8-10/h3-4,7-9,11,19H,5-6,15H2,1-2H3. The number of aryl methyl sites for hydroxylation is 1. The molecule has 2 rings (SSSR count). The van der Waals surface area contributed by atoms with E-state index in [-0.39, 0.29) is 6.04 Å². The van der Waals surface area contributed by atoms with Gasteiger partial charge in [-0.05, 0) is 24.5 Å². The van der Waals surface area contributed by atoms with Crippen molar-refractivity contribution < 1.29 is 9.47 Å². The van der Waals surface area contributed by atoms with E-state index in [1.54, 1.807) is 19.5 Å². The molecular weight excluding hydrogens is 270 g/mol. The van der Waals surface area contributed by atoms with Gasteiger partial charge in [-0.2, -0.15) is 4.98 Å². The minimum absolute atomic E-state index is 0.168. The first-order chi connectivity index (χ1) is 10.3. The second-order valence-electron chi connectivity index (χ2n) is 4.43. The van der Waals surface area contributed by atoms with Crippen LogP contribution in [-0.2, 0) is 6.42 Å². The van der Waals surface area contributed by atoms with Crippen molar-refractivity contribution in [2.45, 2.75) is 18.9 Å². The van der Waals surface area contributed by atoms with E-state index in [2.05, 4.69) is 20.4 Å². The fourth-order valence-electron chi connectivity index (χ4n) is 2.01. The van der Waals surface area contributed by atoms with Gasteiger partial charge in [0, 0.05) is 12.4 Å². The van der Waals surface area contributed by atoms with Crippen LogP contribution in [0.15, 0.2) is 30.7 Å². The van der Waals surface area contributed by atoms with Gasteiger partial charge in [-0.15, -0.1) is 0 Å². The number of hydrazine groups is 1. The van der Waals surface area contributed by atoms with Crippen LogP contribution in [-0.4, -0.2) is 29.2 Å². The summed E-state index contributed by atoms with van der Waals surface area (Å²) in [6.07, 6.45) is 6.70. The quantitative estimate of drug-likeness (QED) is 0.580. The normalized spacial score (nSPS) is 12.0. The minimum Gasteiger partial charge on any atom is -0.480 e. The van der Waals surface area contributed by atoms with Crippen LogP contribution in [0.5, 0.6) is 11.8 Å². The molecule has 0 spiro atoms. The highest BCUT2D eigenvalue weighted by Crippen LogP contribution is 2.25. The number of nitrogens with zero attached hydrogens (tertiary/aromatic N) is 3. The number of hydrogen-bond acceptors (Lipinski definition) is 7. The summed E-state index contributed by atoms with van der Waals surface area (Å²) in [5.41, 5.74) is 4.55. The predicted octanol–water partition coefficient (Wildman–Crippen LogP) is 1.03. The molecule has 2 aromatic rings. The Bertz CT molecular complexity index is 565. The Kier molecular flexibility index (Phi) is 5.42. The van der Waals surface area contributed by atoms with Gasteiger partial charge in [-0.3, -0.25) is 16.3 Å². The lowest BCUT2D eigenvalue weighted by Crippen LogP contribution is -2.29. The van der Waals surface area contributed by atoms with E-state index < -0.39 is 0 Å². The van der Waals surface area contributed by atoms with E-state index in [1.165, 1.54) is 7.11 Å². The molecule has 1 atom stereocenters. The van der Waals surface area contributed by atoms with Crippen LogP contribution in [0.2, 0.25) is 0 Å². The number of rotatable bonds is 7. The van der Waals surface area contributed by atoms with Crippen molar-refractivity contribution in [3.8, 4) is 11.8 Å². The lowest BCUT2D eigenvalue weighted by atomic mass is 10.0. The van der Waals surface area contributed by atoms with Gasteiger partial charge in [0.2, 0.25) is 11.8 Å². The van der Waals surface area contributed by atoms with Crippen molar-refractivity contribution in [2.75, 3.05) is 14.2 Å². The largest absolute Gasteiger partial charge is 0.480 e. The molecule has 21 heavy (non-hydrogen) atoms. The Hall–Kier alpha value is -2.25. The summed E-state index contributed by atoms with van der Waals surface area (Å²) in [5, 5.41) is 0. The monoisotopic (exact) mass is 289 g/mol. The van der Waals surface area contributed by atoms with Gasteiger partial charge >= 0.3 is 0 Å². The van der Waals surface area contributed by atoms with Crippen molar-refractivity contribution >= 4 is 0 Å². The van der Waals surface area contributed by atoms with Gasteiger partial charge in [0.1, 0.15) is 5.69 Å². The van der Waals surface area contributed by atoms with E-state index >= 15 is 0 Å². The second-order valence-corrected chi connectivity index (χ2v) is 4.43. The lowest BCUT2D eigenvalue weighted by molar-refractivity contribution is 0.347. The van der Waals surface area contributed by atoms with E-state index in [0.717, 1.165) is 18.4 Å². The molecule has 2 aromatic heterocycles. The third kappa shape index (κ3) is 3.87. The SMILES string of the molecule is COc1cnc(C(CCc2cccnc2)NN)c(OC)n1. The highest BCUT2D eigenvalue weighted by atomic mass is 16.5. The third-order valence-electron chi connectivity index (χ3n) is 3.12. The number of pyridine rings is 1. The summed E-state index contributed by atoms with van der Waals surface area (Å²) < 4.78 is 10.3. The van der Waals surface area contributed by atoms with Gasteiger partial charge in [0.15, 0.2) is 0 Å². The summed E-state index contributed by atoms with van der Waals surface area (Å²) in [6, 6.07) is 3.77. The molecule has 0 aliphatic rings. The highest BCUT2D eigenvalue weighted by Gasteiger charge is 2.18. The summed E-state index contributed by atoms with van der Waals surface area (Å²) in [4.78, 5) is 12.6. The van der Waals surface area contributed by atoms with Crippen molar-refractivity contribution in [1.82, 2.24) is 20.4 Å². The maximum Gasteiger partial charge on any atom is 0.240 e. The molecule has 7 nitrogen and oxygen atoms in total. The van der Waals surface area contributed by atoms with Gasteiger partial charge in [0.05, 0.1) is 26.5 Å². The van der Waals surface area contributed by atoms with Crippen LogP contribution in [0.25, 0.3) is 0 Å². The number of hydrogen-bond donors (Lipinski definition) is 2. The summed E-state index contributed by atoms with van der Waals surface area (Å²) in [7, 11) is 3.08. The molecule has 0 bridgehead atoms. The van der Waals surface area contributed by atoms with E-state index in [4.69, 9.17) is 15.3 Å². The molecule has 3 N–H and O–H groups in total. The van der Waals surface area contributed by atoms with Crippen LogP contribution in [0.4, 0.5) is 0 Å². The van der Waals surface area contributed by atoms with Crippen LogP contribution >= 0.6 is 0 Å². The zero-order valence-corrected chi connectivity index (χ0v) is 12.1. The molecule has 0 aliphatic heterocycles. The number of aromatic nitrogens is 3. The lowest BCUT2D eigenvalue weighted by Gasteiger charge is -2.17. The first kappa shape index (κ1) is 15.1. The first-order valence-corrected chi connectivity index (χ1v) is 6.58. The van der Waals surface area contributed by atoms with Crippen LogP contribution in [0.3, 0.4) is 0 Å². The topological polar surface area (TPSA) is 95.2 Å². The van der Waals surface area contributed by atoms with Gasteiger partial charge in [-0.25, -0.2) is 4.98 Å². The molecule has 0 radical (unpaired) electrons.